The maximum Gasteiger partial charge on any atom is 0.249 e. The first-order valence-electron chi connectivity index (χ1n) is 10.6. The maximum absolute atomic E-state index is 12.8. The molecule has 0 radical (unpaired) electrons. The molecule has 2 aliphatic heterocycles. The van der Waals surface area contributed by atoms with Crippen molar-refractivity contribution in [2.75, 3.05) is 19.7 Å². The molecule has 0 unspecified atom stereocenters. The minimum atomic E-state index is -0.341. The smallest absolute Gasteiger partial charge is 0.249 e. The van der Waals surface area contributed by atoms with E-state index < -0.39 is 0 Å². The molecule has 2 aliphatic rings. The van der Waals surface area contributed by atoms with Gasteiger partial charge in [-0.2, -0.15) is 0 Å². The molecule has 0 bridgehead atoms. The van der Waals surface area contributed by atoms with Gasteiger partial charge in [-0.15, -0.1) is 0 Å². The highest BCUT2D eigenvalue weighted by Gasteiger charge is 2.33. The van der Waals surface area contributed by atoms with Crippen LogP contribution in [0.15, 0.2) is 42.6 Å². The lowest BCUT2D eigenvalue weighted by molar-refractivity contribution is -0.131. The number of hydrogen-bond acceptors (Lipinski definition) is 4. The van der Waals surface area contributed by atoms with Crippen LogP contribution in [0.25, 0.3) is 0 Å². The van der Waals surface area contributed by atoms with E-state index in [1.165, 1.54) is 0 Å². The number of amides is 1. The summed E-state index contributed by atoms with van der Waals surface area (Å²) in [6, 6.07) is 11.6. The molecule has 0 aliphatic carbocycles. The highest BCUT2D eigenvalue weighted by atomic mass is 35.5. The van der Waals surface area contributed by atoms with Crippen LogP contribution in [0.5, 0.6) is 0 Å². The number of hydrogen-bond donors (Lipinski definition) is 1. The first-order chi connectivity index (χ1) is 14.6. The molecule has 1 aromatic heterocycles. The highest BCUT2D eigenvalue weighted by molar-refractivity contribution is 6.42. The minimum Gasteiger partial charge on any atom is -0.368 e. The predicted octanol–water partition coefficient (Wildman–Crippen LogP) is 4.64. The van der Waals surface area contributed by atoms with Gasteiger partial charge in [0.1, 0.15) is 6.10 Å². The Balaban J connectivity index is 1.48. The number of benzene rings is 1. The number of piperidine rings is 1. The van der Waals surface area contributed by atoms with Gasteiger partial charge in [0.2, 0.25) is 5.91 Å². The fourth-order valence-corrected chi connectivity index (χ4v) is 4.75. The van der Waals surface area contributed by atoms with Crippen LogP contribution in [-0.4, -0.2) is 41.6 Å². The Hall–Kier alpha value is -1.66. The second-order valence-corrected chi connectivity index (χ2v) is 8.94. The quantitative estimate of drug-likeness (QED) is 0.700. The molecule has 5 nitrogen and oxygen atoms in total. The van der Waals surface area contributed by atoms with Crippen LogP contribution in [-0.2, 0) is 16.1 Å². The zero-order valence-electron chi connectivity index (χ0n) is 16.9. The highest BCUT2D eigenvalue weighted by Crippen LogP contribution is 2.31. The summed E-state index contributed by atoms with van der Waals surface area (Å²) in [5.41, 5.74) is 2.05. The van der Waals surface area contributed by atoms with E-state index in [1.54, 1.807) is 6.20 Å². The van der Waals surface area contributed by atoms with Crippen molar-refractivity contribution in [1.82, 2.24) is 15.2 Å². The Morgan fingerprint density at radius 1 is 1.20 bits per heavy atom. The lowest BCUT2D eigenvalue weighted by atomic mass is 9.88. The molecule has 0 spiro atoms. The number of carbonyl (C=O) groups excluding carboxylic acids is 1. The third kappa shape index (κ3) is 5.33. The maximum atomic E-state index is 12.8. The van der Waals surface area contributed by atoms with E-state index in [-0.39, 0.29) is 24.0 Å². The van der Waals surface area contributed by atoms with Crippen molar-refractivity contribution in [3.8, 4) is 0 Å². The lowest BCUT2D eigenvalue weighted by Gasteiger charge is -2.37. The van der Waals surface area contributed by atoms with E-state index in [1.807, 2.05) is 36.4 Å². The van der Waals surface area contributed by atoms with Crippen LogP contribution in [0.3, 0.4) is 0 Å². The topological polar surface area (TPSA) is 54.5 Å². The van der Waals surface area contributed by atoms with Gasteiger partial charge in [-0.25, -0.2) is 0 Å². The van der Waals surface area contributed by atoms with Crippen molar-refractivity contribution in [2.24, 2.45) is 5.92 Å². The fraction of sp³-hybridized carbons (Fsp3) is 0.478. The Morgan fingerprint density at radius 3 is 2.83 bits per heavy atom. The Kier molecular flexibility index (Phi) is 7.26. The lowest BCUT2D eigenvalue weighted by Crippen LogP contribution is -2.45. The van der Waals surface area contributed by atoms with E-state index in [2.05, 4.69) is 15.2 Å². The van der Waals surface area contributed by atoms with Gasteiger partial charge >= 0.3 is 0 Å². The Morgan fingerprint density at radius 2 is 2.10 bits per heavy atom. The van der Waals surface area contributed by atoms with Crippen LogP contribution in [0.2, 0.25) is 10.0 Å². The summed E-state index contributed by atoms with van der Waals surface area (Å²) in [4.78, 5) is 19.8. The molecule has 1 aromatic carbocycles. The molecule has 0 saturated carbocycles. The average molecular weight is 448 g/mol. The molecule has 2 saturated heterocycles. The van der Waals surface area contributed by atoms with Gasteiger partial charge < -0.3 is 10.1 Å². The van der Waals surface area contributed by atoms with Crippen molar-refractivity contribution < 1.29 is 9.53 Å². The summed E-state index contributed by atoms with van der Waals surface area (Å²) in [5.74, 6) is 0.256. The molecule has 2 fully saturated rings. The second-order valence-electron chi connectivity index (χ2n) is 8.13. The van der Waals surface area contributed by atoms with Gasteiger partial charge in [-0.3, -0.25) is 14.7 Å². The number of ether oxygens (including phenoxy) is 1. The number of nitrogens with one attached hydrogen (secondary N) is 1. The van der Waals surface area contributed by atoms with E-state index in [0.29, 0.717) is 16.7 Å². The van der Waals surface area contributed by atoms with Crippen molar-refractivity contribution in [1.29, 1.82) is 0 Å². The largest absolute Gasteiger partial charge is 0.368 e. The van der Waals surface area contributed by atoms with Gasteiger partial charge in [0.15, 0.2) is 0 Å². The van der Waals surface area contributed by atoms with Crippen LogP contribution in [0, 0.1) is 5.92 Å². The molecule has 7 heteroatoms. The molecule has 3 atom stereocenters. The van der Waals surface area contributed by atoms with Gasteiger partial charge in [-0.05, 0) is 68.0 Å². The molecule has 3 heterocycles. The van der Waals surface area contributed by atoms with Crippen LogP contribution < -0.4 is 5.32 Å². The zero-order valence-corrected chi connectivity index (χ0v) is 18.4. The van der Waals surface area contributed by atoms with E-state index in [4.69, 9.17) is 27.9 Å². The molecule has 4 rings (SSSR count). The summed E-state index contributed by atoms with van der Waals surface area (Å²) in [7, 11) is 0. The van der Waals surface area contributed by atoms with Gasteiger partial charge in [0, 0.05) is 25.9 Å². The van der Waals surface area contributed by atoms with Crippen LogP contribution in [0.4, 0.5) is 0 Å². The van der Waals surface area contributed by atoms with E-state index >= 15 is 0 Å². The third-order valence-electron chi connectivity index (χ3n) is 5.93. The molecular formula is C23H27Cl2N3O2. The number of rotatable bonds is 6. The average Bonchev–Trinajstić information content (AvgIpc) is 3.30. The number of aromatic nitrogens is 1. The number of halogens is 2. The van der Waals surface area contributed by atoms with Crippen LogP contribution >= 0.6 is 23.2 Å². The third-order valence-corrected chi connectivity index (χ3v) is 6.67. The number of pyridine rings is 1. The predicted molar refractivity (Wildman–Crippen MR) is 119 cm³/mol. The normalized spacial score (nSPS) is 23.3. The van der Waals surface area contributed by atoms with Gasteiger partial charge in [0.05, 0.1) is 21.8 Å². The Labute approximate surface area is 187 Å². The molecule has 2 aromatic rings. The number of nitrogens with zero attached hydrogens (tertiary/aromatic N) is 2. The summed E-state index contributed by atoms with van der Waals surface area (Å²) in [6.45, 7) is 3.37. The monoisotopic (exact) mass is 447 g/mol. The van der Waals surface area contributed by atoms with Crippen molar-refractivity contribution >= 4 is 29.1 Å². The van der Waals surface area contributed by atoms with Gasteiger partial charge in [-0.1, -0.05) is 35.3 Å². The summed E-state index contributed by atoms with van der Waals surface area (Å²) in [6.07, 6.45) is 5.29. The minimum absolute atomic E-state index is 0.0234. The second kappa shape index (κ2) is 10.1. The first-order valence-corrected chi connectivity index (χ1v) is 11.3. The Bertz CT molecular complexity index is 859. The van der Waals surface area contributed by atoms with Crippen molar-refractivity contribution in [3.63, 3.8) is 0 Å². The van der Waals surface area contributed by atoms with Crippen LogP contribution in [0.1, 0.15) is 43.0 Å². The zero-order chi connectivity index (χ0) is 20.9. The summed E-state index contributed by atoms with van der Waals surface area (Å²) >= 11 is 12.2. The number of carbonyl (C=O) groups is 1. The van der Waals surface area contributed by atoms with Gasteiger partial charge in [0.25, 0.3) is 0 Å². The molecule has 1 amide bonds. The summed E-state index contributed by atoms with van der Waals surface area (Å²) < 4.78 is 5.59. The van der Waals surface area contributed by atoms with Crippen molar-refractivity contribution in [2.45, 2.75) is 44.4 Å². The standard InChI is InChI=1S/C23H27Cl2N3O2/c24-18-9-8-16(13-19(18)25)14-28-11-3-5-17(15-28)22(20-6-1-2-10-26-20)27-23(29)21-7-4-12-30-21/h1-2,6,8-10,13,17,21-22H,3-5,7,11-12,14-15H2,(H,27,29)/t17-,21-,22-/m0/s1. The summed E-state index contributed by atoms with van der Waals surface area (Å²) in [5, 5.41) is 4.41. The number of likely N-dealkylation sites (tertiary alicyclic amines) is 1. The molecule has 30 heavy (non-hydrogen) atoms. The first kappa shape index (κ1) is 21.6. The molecule has 160 valence electrons. The SMILES string of the molecule is O=C(N[C@H](c1ccccn1)[C@H]1CCCN(Cc2ccc(Cl)c(Cl)c2)C1)[C@@H]1CCCO1. The molecular weight excluding hydrogens is 421 g/mol. The molecule has 1 N–H and O–H groups in total. The van der Waals surface area contributed by atoms with E-state index in [9.17, 15) is 4.79 Å². The van der Waals surface area contributed by atoms with E-state index in [0.717, 1.165) is 56.6 Å². The van der Waals surface area contributed by atoms with Crippen molar-refractivity contribution in [3.05, 3.63) is 63.9 Å². The fourth-order valence-electron chi connectivity index (χ4n) is 4.43.